The minimum atomic E-state index is 0.122. The third-order valence-electron chi connectivity index (χ3n) is 4.59. The Bertz CT molecular complexity index is 228. The summed E-state index contributed by atoms with van der Waals surface area (Å²) in [6.07, 6.45) is 7.67. The van der Waals surface area contributed by atoms with Gasteiger partial charge in [-0.05, 0) is 25.2 Å². The van der Waals surface area contributed by atoms with Crippen molar-refractivity contribution in [2.24, 2.45) is 11.7 Å². The van der Waals surface area contributed by atoms with Crippen molar-refractivity contribution in [2.45, 2.75) is 51.0 Å². The lowest BCUT2D eigenvalue weighted by Crippen LogP contribution is -2.48. The van der Waals surface area contributed by atoms with Crippen molar-refractivity contribution in [1.29, 1.82) is 0 Å². The number of rotatable bonds is 4. The van der Waals surface area contributed by atoms with Gasteiger partial charge >= 0.3 is 0 Å². The molecule has 1 aliphatic carbocycles. The van der Waals surface area contributed by atoms with Gasteiger partial charge in [0.15, 0.2) is 0 Å². The molecule has 2 unspecified atom stereocenters. The van der Waals surface area contributed by atoms with Crippen LogP contribution in [0.2, 0.25) is 0 Å². The van der Waals surface area contributed by atoms with Crippen LogP contribution < -0.4 is 5.73 Å². The first-order chi connectivity index (χ1) is 8.22. The normalized spacial score (nSPS) is 36.0. The van der Waals surface area contributed by atoms with Crippen molar-refractivity contribution in [1.82, 2.24) is 4.90 Å². The first-order valence-electron chi connectivity index (χ1n) is 7.31. The average molecular weight is 240 g/mol. The van der Waals surface area contributed by atoms with E-state index in [2.05, 4.69) is 11.8 Å². The summed E-state index contributed by atoms with van der Waals surface area (Å²) in [7, 11) is 0. The van der Waals surface area contributed by atoms with Crippen LogP contribution in [0.15, 0.2) is 0 Å². The highest BCUT2D eigenvalue weighted by molar-refractivity contribution is 4.91. The van der Waals surface area contributed by atoms with Gasteiger partial charge in [0, 0.05) is 25.2 Å². The van der Waals surface area contributed by atoms with Gasteiger partial charge in [-0.3, -0.25) is 4.90 Å². The number of hydrogen-bond donors (Lipinski definition) is 1. The molecule has 0 spiro atoms. The Morgan fingerprint density at radius 1 is 1.35 bits per heavy atom. The SMILES string of the molecule is CCC1CCCC(N)(CCN2CCOCC2)C1. The summed E-state index contributed by atoms with van der Waals surface area (Å²) in [6, 6.07) is 0. The second-order valence-corrected chi connectivity index (χ2v) is 5.94. The Balaban J connectivity index is 1.75. The first-order valence-corrected chi connectivity index (χ1v) is 7.31. The van der Waals surface area contributed by atoms with Gasteiger partial charge in [0.1, 0.15) is 0 Å². The van der Waals surface area contributed by atoms with Gasteiger partial charge in [0.2, 0.25) is 0 Å². The molecule has 2 aliphatic rings. The van der Waals surface area contributed by atoms with Crippen LogP contribution in [-0.2, 0) is 4.74 Å². The molecule has 1 aliphatic heterocycles. The molecule has 0 aromatic carbocycles. The van der Waals surface area contributed by atoms with Crippen molar-refractivity contribution >= 4 is 0 Å². The van der Waals surface area contributed by atoms with Crippen molar-refractivity contribution in [2.75, 3.05) is 32.8 Å². The summed E-state index contributed by atoms with van der Waals surface area (Å²) < 4.78 is 5.38. The molecule has 0 aromatic heterocycles. The van der Waals surface area contributed by atoms with E-state index in [-0.39, 0.29) is 5.54 Å². The molecule has 1 saturated heterocycles. The summed E-state index contributed by atoms with van der Waals surface area (Å²) in [5.41, 5.74) is 6.71. The summed E-state index contributed by atoms with van der Waals surface area (Å²) in [5, 5.41) is 0. The molecule has 3 nitrogen and oxygen atoms in total. The van der Waals surface area contributed by atoms with Gasteiger partial charge < -0.3 is 10.5 Å². The third-order valence-corrected chi connectivity index (χ3v) is 4.59. The number of nitrogens with zero attached hydrogens (tertiary/aromatic N) is 1. The Kier molecular flexibility index (Phi) is 4.83. The minimum Gasteiger partial charge on any atom is -0.379 e. The molecule has 2 atom stereocenters. The Morgan fingerprint density at radius 2 is 2.12 bits per heavy atom. The van der Waals surface area contributed by atoms with Crippen molar-refractivity contribution in [3.63, 3.8) is 0 Å². The zero-order chi connectivity index (χ0) is 12.1. The summed E-state index contributed by atoms with van der Waals surface area (Å²) in [5.74, 6) is 0.874. The zero-order valence-corrected chi connectivity index (χ0v) is 11.3. The molecule has 1 saturated carbocycles. The molecule has 0 aromatic rings. The van der Waals surface area contributed by atoms with Gasteiger partial charge in [-0.1, -0.05) is 26.2 Å². The van der Waals surface area contributed by atoms with Crippen LogP contribution in [0.4, 0.5) is 0 Å². The topological polar surface area (TPSA) is 38.5 Å². The molecule has 100 valence electrons. The maximum Gasteiger partial charge on any atom is 0.0594 e. The molecule has 3 heteroatoms. The third kappa shape index (κ3) is 3.94. The van der Waals surface area contributed by atoms with E-state index in [0.717, 1.165) is 38.8 Å². The molecule has 0 radical (unpaired) electrons. The fourth-order valence-corrected chi connectivity index (χ4v) is 3.30. The lowest BCUT2D eigenvalue weighted by atomic mass is 9.73. The number of hydrogen-bond acceptors (Lipinski definition) is 3. The van der Waals surface area contributed by atoms with Crippen molar-refractivity contribution in [3.8, 4) is 0 Å². The molecule has 2 rings (SSSR count). The summed E-state index contributed by atoms with van der Waals surface area (Å²) >= 11 is 0. The first kappa shape index (κ1) is 13.3. The molecule has 2 fully saturated rings. The second kappa shape index (κ2) is 6.17. The quantitative estimate of drug-likeness (QED) is 0.817. The maximum absolute atomic E-state index is 6.58. The standard InChI is InChI=1S/C14H28N2O/c1-2-13-4-3-5-14(15,12-13)6-7-16-8-10-17-11-9-16/h13H,2-12,15H2,1H3. The summed E-state index contributed by atoms with van der Waals surface area (Å²) in [6.45, 7) is 7.44. The van der Waals surface area contributed by atoms with Gasteiger partial charge in [0.25, 0.3) is 0 Å². The maximum atomic E-state index is 6.58. The molecule has 0 bridgehead atoms. The molecule has 0 amide bonds. The van der Waals surface area contributed by atoms with Crippen LogP contribution in [0, 0.1) is 5.92 Å². The van der Waals surface area contributed by atoms with Crippen LogP contribution in [0.3, 0.4) is 0 Å². The zero-order valence-electron chi connectivity index (χ0n) is 11.3. The van der Waals surface area contributed by atoms with Crippen molar-refractivity contribution < 1.29 is 4.74 Å². The second-order valence-electron chi connectivity index (χ2n) is 5.94. The Morgan fingerprint density at radius 3 is 2.82 bits per heavy atom. The van der Waals surface area contributed by atoms with Crippen LogP contribution in [0.25, 0.3) is 0 Å². The lowest BCUT2D eigenvalue weighted by molar-refractivity contribution is 0.0323. The highest BCUT2D eigenvalue weighted by Gasteiger charge is 2.32. The van der Waals surface area contributed by atoms with E-state index >= 15 is 0 Å². The van der Waals surface area contributed by atoms with E-state index in [1.807, 2.05) is 0 Å². The molecule has 17 heavy (non-hydrogen) atoms. The highest BCUT2D eigenvalue weighted by Crippen LogP contribution is 2.34. The van der Waals surface area contributed by atoms with Gasteiger partial charge in [-0.2, -0.15) is 0 Å². The lowest BCUT2D eigenvalue weighted by Gasteiger charge is -2.39. The number of ether oxygens (including phenoxy) is 1. The van der Waals surface area contributed by atoms with E-state index in [9.17, 15) is 0 Å². The van der Waals surface area contributed by atoms with Crippen molar-refractivity contribution in [3.05, 3.63) is 0 Å². The predicted octanol–water partition coefficient (Wildman–Crippen LogP) is 2.01. The van der Waals surface area contributed by atoms with Crippen LogP contribution in [0.1, 0.15) is 45.4 Å². The Labute approximate surface area is 106 Å². The van der Waals surface area contributed by atoms with Gasteiger partial charge in [-0.25, -0.2) is 0 Å². The van der Waals surface area contributed by atoms with Crippen LogP contribution >= 0.6 is 0 Å². The molecule has 1 heterocycles. The number of morpholine rings is 1. The largest absolute Gasteiger partial charge is 0.379 e. The van der Waals surface area contributed by atoms with Gasteiger partial charge in [-0.15, -0.1) is 0 Å². The fourth-order valence-electron chi connectivity index (χ4n) is 3.30. The van der Waals surface area contributed by atoms with E-state index in [1.54, 1.807) is 0 Å². The Hall–Kier alpha value is -0.120. The number of nitrogens with two attached hydrogens (primary N) is 1. The van der Waals surface area contributed by atoms with E-state index < -0.39 is 0 Å². The monoisotopic (exact) mass is 240 g/mol. The fraction of sp³-hybridized carbons (Fsp3) is 1.00. The molecular weight excluding hydrogens is 212 g/mol. The van der Waals surface area contributed by atoms with Crippen LogP contribution in [-0.4, -0.2) is 43.3 Å². The smallest absolute Gasteiger partial charge is 0.0594 e. The summed E-state index contributed by atoms with van der Waals surface area (Å²) in [4.78, 5) is 2.51. The van der Waals surface area contributed by atoms with E-state index in [0.29, 0.717) is 0 Å². The molecular formula is C14H28N2O. The van der Waals surface area contributed by atoms with E-state index in [1.165, 1.54) is 38.5 Å². The van der Waals surface area contributed by atoms with E-state index in [4.69, 9.17) is 10.5 Å². The molecule has 2 N–H and O–H groups in total. The average Bonchev–Trinajstić information content (AvgIpc) is 2.38. The highest BCUT2D eigenvalue weighted by atomic mass is 16.5. The minimum absolute atomic E-state index is 0.122. The van der Waals surface area contributed by atoms with Crippen LogP contribution in [0.5, 0.6) is 0 Å². The predicted molar refractivity (Wildman–Crippen MR) is 71.0 cm³/mol. The van der Waals surface area contributed by atoms with Gasteiger partial charge in [0.05, 0.1) is 13.2 Å².